The van der Waals surface area contributed by atoms with Crippen molar-refractivity contribution in [3.8, 4) is 0 Å². The van der Waals surface area contributed by atoms with Gasteiger partial charge in [0.15, 0.2) is 8.94 Å². The van der Waals surface area contributed by atoms with E-state index < -0.39 is 19.0 Å². The van der Waals surface area contributed by atoms with Crippen LogP contribution in [0.15, 0.2) is 62.1 Å². The van der Waals surface area contributed by atoms with Gasteiger partial charge in [-0.05, 0) is 38.1 Å². The lowest BCUT2D eigenvalue weighted by Gasteiger charge is -2.04. The molecule has 0 N–H and O–H groups in total. The lowest BCUT2D eigenvalue weighted by Crippen LogP contribution is -2.01. The minimum atomic E-state index is -4.08. The Balaban J connectivity index is 2.52. The van der Waals surface area contributed by atoms with Crippen LogP contribution >= 0.6 is 10.7 Å². The summed E-state index contributed by atoms with van der Waals surface area (Å²) in [7, 11) is -1.75. The van der Waals surface area contributed by atoms with E-state index in [9.17, 15) is 12.6 Å². The zero-order valence-corrected chi connectivity index (χ0v) is 13.9. The molecule has 0 aromatic heterocycles. The molecule has 2 aromatic carbocycles. The molecule has 7 heteroatoms. The first-order valence-electron chi connectivity index (χ1n) is 6.07. The average molecular weight is 344 g/mol. The smallest absolute Gasteiger partial charge is 0.227 e. The van der Waals surface area contributed by atoms with E-state index in [0.717, 1.165) is 11.1 Å². The lowest BCUT2D eigenvalue weighted by atomic mass is 10.2. The molecule has 2 rings (SSSR count). The van der Waals surface area contributed by atoms with E-state index in [1.807, 2.05) is 13.8 Å². The summed E-state index contributed by atoms with van der Waals surface area (Å²) in [6.07, 6.45) is 0. The van der Waals surface area contributed by atoms with Crippen molar-refractivity contribution in [3.05, 3.63) is 59.7 Å². The van der Waals surface area contributed by atoms with Crippen LogP contribution in [0.25, 0.3) is 0 Å². The van der Waals surface area contributed by atoms with Gasteiger partial charge in [0, 0.05) is 10.7 Å². The average Bonchev–Trinajstić information content (AvgIpc) is 2.38. The third-order valence-electron chi connectivity index (χ3n) is 2.82. The van der Waals surface area contributed by atoms with Crippen molar-refractivity contribution in [2.45, 2.75) is 23.6 Å². The predicted octanol–water partition coefficient (Wildman–Crippen LogP) is 3.67. The number of hydrogen-bond acceptors (Lipinski definition) is 3. The van der Waals surface area contributed by atoms with Crippen LogP contribution in [0.4, 0.5) is 0 Å². The van der Waals surface area contributed by atoms with Gasteiger partial charge >= 0.3 is 0 Å². The van der Waals surface area contributed by atoms with Crippen molar-refractivity contribution in [2.24, 2.45) is 3.77 Å². The van der Waals surface area contributed by atoms with E-state index in [1.54, 1.807) is 24.3 Å². The molecule has 0 saturated heterocycles. The summed E-state index contributed by atoms with van der Waals surface area (Å²) >= 11 is 0. The van der Waals surface area contributed by atoms with Gasteiger partial charge in [-0.15, -0.1) is 0 Å². The highest BCUT2D eigenvalue weighted by molar-refractivity contribution is 8.19. The van der Waals surface area contributed by atoms with Crippen LogP contribution in [0.5, 0.6) is 0 Å². The van der Waals surface area contributed by atoms with Crippen molar-refractivity contribution in [1.29, 1.82) is 0 Å². The van der Waals surface area contributed by atoms with Crippen molar-refractivity contribution in [3.63, 3.8) is 0 Å². The summed E-state index contributed by atoms with van der Waals surface area (Å²) in [6, 6.07) is 12.5. The number of nitrogens with zero attached hydrogens (tertiary/aromatic N) is 1. The summed E-state index contributed by atoms with van der Waals surface area (Å²) in [5.41, 5.74) is 1.87. The second-order valence-corrected chi connectivity index (χ2v) is 9.29. The van der Waals surface area contributed by atoms with Gasteiger partial charge in [-0.2, -0.15) is 8.42 Å². The number of halogens is 1. The Morgan fingerprint density at radius 3 is 1.57 bits per heavy atom. The summed E-state index contributed by atoms with van der Waals surface area (Å²) < 4.78 is 40.1. The van der Waals surface area contributed by atoms with Gasteiger partial charge in [-0.1, -0.05) is 39.2 Å². The molecular weight excluding hydrogens is 330 g/mol. The fraction of sp³-hybridized carbons (Fsp3) is 0.143. The molecule has 4 nitrogen and oxygen atoms in total. The molecule has 0 aliphatic rings. The van der Waals surface area contributed by atoms with Crippen molar-refractivity contribution in [2.75, 3.05) is 0 Å². The van der Waals surface area contributed by atoms with Gasteiger partial charge in [-0.25, -0.2) is 4.21 Å². The Bertz CT molecular complexity index is 863. The third kappa shape index (κ3) is 3.84. The minimum Gasteiger partial charge on any atom is -0.227 e. The first-order valence-corrected chi connectivity index (χ1v) is 9.85. The second-order valence-electron chi connectivity index (χ2n) is 4.63. The zero-order chi connectivity index (χ0) is 15.7. The van der Waals surface area contributed by atoms with Crippen LogP contribution in [0.2, 0.25) is 0 Å². The molecule has 0 saturated carbocycles. The number of rotatable bonds is 3. The van der Waals surface area contributed by atoms with E-state index >= 15 is 0 Å². The lowest BCUT2D eigenvalue weighted by molar-refractivity contribution is 0.598. The molecular formula is C14H14ClNO3S2. The molecule has 21 heavy (non-hydrogen) atoms. The third-order valence-corrected chi connectivity index (χ3v) is 7.14. The van der Waals surface area contributed by atoms with Gasteiger partial charge in [0.25, 0.3) is 10.0 Å². The van der Waals surface area contributed by atoms with E-state index in [0.29, 0.717) is 0 Å². The number of benzene rings is 2. The quantitative estimate of drug-likeness (QED) is 0.799. The summed E-state index contributed by atoms with van der Waals surface area (Å²) in [5, 5.41) is 0. The molecule has 0 heterocycles. The fourth-order valence-corrected chi connectivity index (χ4v) is 5.25. The maximum atomic E-state index is 12.4. The summed E-state index contributed by atoms with van der Waals surface area (Å²) in [5.74, 6) is 0. The van der Waals surface area contributed by atoms with Crippen molar-refractivity contribution in [1.82, 2.24) is 0 Å². The fourth-order valence-electron chi connectivity index (χ4n) is 1.63. The predicted molar refractivity (Wildman–Crippen MR) is 84.2 cm³/mol. The van der Waals surface area contributed by atoms with E-state index in [1.165, 1.54) is 24.3 Å². The second kappa shape index (κ2) is 5.79. The molecule has 1 unspecified atom stereocenters. The van der Waals surface area contributed by atoms with Gasteiger partial charge in [-0.3, -0.25) is 0 Å². The van der Waals surface area contributed by atoms with Crippen LogP contribution in [0.3, 0.4) is 0 Å². The molecule has 0 radical (unpaired) electrons. The molecule has 0 amide bonds. The number of sulfonamides is 1. The van der Waals surface area contributed by atoms with Crippen LogP contribution in [0.1, 0.15) is 11.1 Å². The molecule has 2 aromatic rings. The summed E-state index contributed by atoms with van der Waals surface area (Å²) in [6.45, 7) is 3.70. The molecule has 112 valence electrons. The first kappa shape index (κ1) is 16.0. The van der Waals surface area contributed by atoms with Crippen molar-refractivity contribution < 1.29 is 12.6 Å². The monoisotopic (exact) mass is 343 g/mol. The minimum absolute atomic E-state index is 0.0337. The van der Waals surface area contributed by atoms with Gasteiger partial charge < -0.3 is 0 Å². The van der Waals surface area contributed by atoms with Crippen LogP contribution < -0.4 is 0 Å². The molecule has 0 aliphatic carbocycles. The number of aryl methyl sites for hydroxylation is 2. The van der Waals surface area contributed by atoms with Crippen molar-refractivity contribution >= 4 is 29.6 Å². The standard InChI is InChI=1S/C14H14ClNO3S2/c1-11-3-7-13(8-4-11)20(15,17)16-21(18,19)14-9-5-12(2)6-10-14/h3-10H,1-2H3. The Hall–Kier alpha value is -1.37. The normalized spacial score (nSPS) is 14.4. The zero-order valence-electron chi connectivity index (χ0n) is 11.5. The maximum absolute atomic E-state index is 12.4. The van der Waals surface area contributed by atoms with E-state index in [-0.39, 0.29) is 9.79 Å². The Labute approximate surface area is 129 Å². The maximum Gasteiger partial charge on any atom is 0.291 e. The van der Waals surface area contributed by atoms with Gasteiger partial charge in [0.2, 0.25) is 0 Å². The van der Waals surface area contributed by atoms with E-state index in [4.69, 9.17) is 10.7 Å². The molecule has 0 aliphatic heterocycles. The highest BCUT2D eigenvalue weighted by Gasteiger charge is 2.18. The first-order chi connectivity index (χ1) is 9.71. The topological polar surface area (TPSA) is 63.6 Å². The Kier molecular flexibility index (Phi) is 4.41. The highest BCUT2D eigenvalue weighted by Crippen LogP contribution is 2.23. The van der Waals surface area contributed by atoms with Crippen LogP contribution in [-0.2, 0) is 19.0 Å². The molecule has 0 fully saturated rings. The molecule has 0 bridgehead atoms. The van der Waals surface area contributed by atoms with E-state index in [2.05, 4.69) is 3.77 Å². The SMILES string of the molecule is Cc1ccc(S(=O)(=O)N=S(=O)(Cl)c2ccc(C)cc2)cc1. The number of hydrogen-bond donors (Lipinski definition) is 0. The highest BCUT2D eigenvalue weighted by atomic mass is 35.7. The van der Waals surface area contributed by atoms with Crippen LogP contribution in [-0.4, -0.2) is 12.6 Å². The molecule has 1 atom stereocenters. The summed E-state index contributed by atoms with van der Waals surface area (Å²) in [4.78, 5) is 0.138. The largest absolute Gasteiger partial charge is 0.291 e. The Morgan fingerprint density at radius 1 is 0.762 bits per heavy atom. The van der Waals surface area contributed by atoms with Gasteiger partial charge in [0.05, 0.1) is 9.79 Å². The Morgan fingerprint density at radius 2 is 1.14 bits per heavy atom. The van der Waals surface area contributed by atoms with Crippen LogP contribution in [0, 0.1) is 13.8 Å². The van der Waals surface area contributed by atoms with Gasteiger partial charge in [0.1, 0.15) is 0 Å². The molecule has 0 spiro atoms.